The summed E-state index contributed by atoms with van der Waals surface area (Å²) in [7, 11) is 0. The van der Waals surface area contributed by atoms with Crippen molar-refractivity contribution in [1.29, 1.82) is 0 Å². The standard InChI is InChI=1S/C24H28O4/c1-6-18(19-10-8-7-9-11-19)16-24(4,5)23(26)28-21-14-12-20(13-15-21)27-22(25)17(2)3/h7-15,18H,2,6,16H2,1,3-5H3. The van der Waals surface area contributed by atoms with Gasteiger partial charge in [-0.3, -0.25) is 4.79 Å². The molecule has 0 N–H and O–H groups in total. The van der Waals surface area contributed by atoms with E-state index in [9.17, 15) is 9.59 Å². The molecule has 2 aromatic carbocycles. The first kappa shape index (κ1) is 21.4. The van der Waals surface area contributed by atoms with Gasteiger partial charge < -0.3 is 9.47 Å². The average Bonchev–Trinajstić information content (AvgIpc) is 2.68. The molecule has 4 heteroatoms. The van der Waals surface area contributed by atoms with Crippen molar-refractivity contribution in [2.24, 2.45) is 5.41 Å². The molecule has 0 fully saturated rings. The zero-order chi connectivity index (χ0) is 20.7. The SMILES string of the molecule is C=C(C)C(=O)Oc1ccc(OC(=O)C(C)(C)CC(CC)c2ccccc2)cc1. The van der Waals surface area contributed by atoms with Crippen LogP contribution in [-0.4, -0.2) is 11.9 Å². The fraction of sp³-hybridized carbons (Fsp3) is 0.333. The van der Waals surface area contributed by atoms with Crippen LogP contribution < -0.4 is 9.47 Å². The molecule has 0 heterocycles. The fourth-order valence-corrected chi connectivity index (χ4v) is 2.94. The number of carbonyl (C=O) groups excluding carboxylic acids is 2. The van der Waals surface area contributed by atoms with Crippen molar-refractivity contribution in [3.8, 4) is 11.5 Å². The van der Waals surface area contributed by atoms with Crippen LogP contribution in [0.15, 0.2) is 66.7 Å². The van der Waals surface area contributed by atoms with Crippen LogP contribution in [0, 0.1) is 5.41 Å². The number of esters is 2. The molecule has 0 amide bonds. The molecule has 2 rings (SSSR count). The molecule has 0 aliphatic rings. The third-order valence-electron chi connectivity index (χ3n) is 4.67. The van der Waals surface area contributed by atoms with Gasteiger partial charge in [-0.1, -0.05) is 43.8 Å². The highest BCUT2D eigenvalue weighted by atomic mass is 16.5. The Kier molecular flexibility index (Phi) is 7.16. The first-order valence-electron chi connectivity index (χ1n) is 9.48. The van der Waals surface area contributed by atoms with Crippen molar-refractivity contribution in [1.82, 2.24) is 0 Å². The summed E-state index contributed by atoms with van der Waals surface area (Å²) in [5.41, 5.74) is 0.914. The van der Waals surface area contributed by atoms with Crippen molar-refractivity contribution < 1.29 is 19.1 Å². The smallest absolute Gasteiger partial charge is 0.338 e. The fourth-order valence-electron chi connectivity index (χ4n) is 2.94. The van der Waals surface area contributed by atoms with E-state index in [4.69, 9.17) is 9.47 Å². The minimum Gasteiger partial charge on any atom is -0.426 e. The molecule has 0 radical (unpaired) electrons. The molecule has 2 aromatic rings. The lowest BCUT2D eigenvalue weighted by Crippen LogP contribution is -2.30. The van der Waals surface area contributed by atoms with Gasteiger partial charge in [0.1, 0.15) is 11.5 Å². The Bertz CT molecular complexity index is 819. The van der Waals surface area contributed by atoms with E-state index in [2.05, 4.69) is 25.6 Å². The molecule has 0 saturated heterocycles. The number of ether oxygens (including phenoxy) is 2. The van der Waals surface area contributed by atoms with Crippen molar-refractivity contribution in [3.05, 3.63) is 72.3 Å². The maximum Gasteiger partial charge on any atom is 0.338 e. The molecule has 28 heavy (non-hydrogen) atoms. The van der Waals surface area contributed by atoms with Crippen molar-refractivity contribution in [2.75, 3.05) is 0 Å². The zero-order valence-corrected chi connectivity index (χ0v) is 17.0. The minimum absolute atomic E-state index is 0.284. The van der Waals surface area contributed by atoms with E-state index in [-0.39, 0.29) is 11.9 Å². The van der Waals surface area contributed by atoms with Crippen molar-refractivity contribution in [2.45, 2.75) is 46.5 Å². The van der Waals surface area contributed by atoms with E-state index in [1.807, 2.05) is 32.0 Å². The van der Waals surface area contributed by atoms with Gasteiger partial charge in [0.25, 0.3) is 0 Å². The lowest BCUT2D eigenvalue weighted by atomic mass is 9.79. The maximum atomic E-state index is 12.7. The van der Waals surface area contributed by atoms with Gasteiger partial charge in [0.05, 0.1) is 5.41 Å². The summed E-state index contributed by atoms with van der Waals surface area (Å²) in [4.78, 5) is 24.3. The van der Waals surface area contributed by atoms with Crippen LogP contribution in [0.25, 0.3) is 0 Å². The zero-order valence-electron chi connectivity index (χ0n) is 17.0. The Morgan fingerprint density at radius 3 is 2.00 bits per heavy atom. The Labute approximate surface area is 167 Å². The summed E-state index contributed by atoms with van der Waals surface area (Å²) in [6.07, 6.45) is 1.64. The molecule has 1 unspecified atom stereocenters. The molecule has 0 spiro atoms. The summed E-state index contributed by atoms with van der Waals surface area (Å²) in [5.74, 6) is 0.307. The molecule has 148 valence electrons. The Morgan fingerprint density at radius 2 is 1.50 bits per heavy atom. The van der Waals surface area contributed by atoms with Gasteiger partial charge in [0.2, 0.25) is 0 Å². The third kappa shape index (κ3) is 5.81. The molecule has 0 saturated carbocycles. The van der Waals surface area contributed by atoms with Gasteiger partial charge in [-0.05, 0) is 69.4 Å². The van der Waals surface area contributed by atoms with Gasteiger partial charge >= 0.3 is 11.9 Å². The number of hydrogen-bond donors (Lipinski definition) is 0. The summed E-state index contributed by atoms with van der Waals surface area (Å²) in [5, 5.41) is 0. The van der Waals surface area contributed by atoms with Gasteiger partial charge in [-0.2, -0.15) is 0 Å². The Hall–Kier alpha value is -2.88. The predicted octanol–water partition coefficient (Wildman–Crippen LogP) is 5.68. The summed E-state index contributed by atoms with van der Waals surface area (Å²) in [6, 6.07) is 16.6. The van der Waals surface area contributed by atoms with Crippen LogP contribution in [0.2, 0.25) is 0 Å². The number of hydrogen-bond acceptors (Lipinski definition) is 4. The summed E-state index contributed by atoms with van der Waals surface area (Å²) < 4.78 is 10.7. The Balaban J connectivity index is 2.02. The van der Waals surface area contributed by atoms with Gasteiger partial charge in [-0.25, -0.2) is 4.79 Å². The van der Waals surface area contributed by atoms with Crippen molar-refractivity contribution >= 4 is 11.9 Å². The van der Waals surface area contributed by atoms with Gasteiger partial charge in [0.15, 0.2) is 0 Å². The topological polar surface area (TPSA) is 52.6 Å². The molecule has 0 aliphatic carbocycles. The second kappa shape index (κ2) is 9.36. The van der Waals surface area contributed by atoms with E-state index in [0.717, 1.165) is 6.42 Å². The lowest BCUT2D eigenvalue weighted by molar-refractivity contribution is -0.144. The molecular formula is C24H28O4. The van der Waals surface area contributed by atoms with E-state index in [0.29, 0.717) is 23.5 Å². The molecule has 0 aliphatic heterocycles. The quantitative estimate of drug-likeness (QED) is 0.336. The second-order valence-electron chi connectivity index (χ2n) is 7.63. The highest BCUT2D eigenvalue weighted by molar-refractivity contribution is 5.88. The average molecular weight is 380 g/mol. The highest BCUT2D eigenvalue weighted by Crippen LogP contribution is 2.35. The summed E-state index contributed by atoms with van der Waals surface area (Å²) >= 11 is 0. The largest absolute Gasteiger partial charge is 0.426 e. The third-order valence-corrected chi connectivity index (χ3v) is 4.67. The molecule has 4 nitrogen and oxygen atoms in total. The number of benzene rings is 2. The normalized spacial score (nSPS) is 12.1. The van der Waals surface area contributed by atoms with Crippen LogP contribution in [0.3, 0.4) is 0 Å². The second-order valence-corrected chi connectivity index (χ2v) is 7.63. The minimum atomic E-state index is -0.637. The molecule has 0 bridgehead atoms. The van der Waals surface area contributed by atoms with E-state index in [1.165, 1.54) is 5.56 Å². The summed E-state index contributed by atoms with van der Waals surface area (Å²) in [6.45, 7) is 11.1. The number of carbonyl (C=O) groups is 2. The van der Waals surface area contributed by atoms with Crippen molar-refractivity contribution in [3.63, 3.8) is 0 Å². The molecular weight excluding hydrogens is 352 g/mol. The molecule has 0 aromatic heterocycles. The van der Waals surface area contributed by atoms with Crippen LogP contribution in [-0.2, 0) is 9.59 Å². The maximum absolute atomic E-state index is 12.7. The van der Waals surface area contributed by atoms with Gasteiger partial charge in [-0.15, -0.1) is 0 Å². The van der Waals surface area contributed by atoms with E-state index >= 15 is 0 Å². The van der Waals surface area contributed by atoms with Crippen LogP contribution in [0.4, 0.5) is 0 Å². The first-order valence-corrected chi connectivity index (χ1v) is 9.48. The molecule has 1 atom stereocenters. The number of rotatable bonds is 8. The lowest BCUT2D eigenvalue weighted by Gasteiger charge is -2.27. The van der Waals surface area contributed by atoms with Crippen LogP contribution in [0.1, 0.15) is 52.0 Å². The Morgan fingerprint density at radius 1 is 0.964 bits per heavy atom. The highest BCUT2D eigenvalue weighted by Gasteiger charge is 2.33. The first-order chi connectivity index (χ1) is 13.2. The van der Waals surface area contributed by atoms with Crippen LogP contribution in [0.5, 0.6) is 11.5 Å². The van der Waals surface area contributed by atoms with Gasteiger partial charge in [0, 0.05) is 5.57 Å². The predicted molar refractivity (Wildman–Crippen MR) is 110 cm³/mol. The monoisotopic (exact) mass is 380 g/mol. The van der Waals surface area contributed by atoms with Crippen LogP contribution >= 0.6 is 0 Å². The van der Waals surface area contributed by atoms with E-state index < -0.39 is 11.4 Å². The van der Waals surface area contributed by atoms with E-state index in [1.54, 1.807) is 31.2 Å².